The molecular weight excluding hydrogens is 232 g/mol. The van der Waals surface area contributed by atoms with Crippen molar-refractivity contribution in [3.05, 3.63) is 34.4 Å². The second-order valence-electron chi connectivity index (χ2n) is 4.90. The minimum atomic E-state index is -0.384. The van der Waals surface area contributed by atoms with Crippen molar-refractivity contribution in [2.75, 3.05) is 25.6 Å². The number of nitrogens with one attached hydrogen (secondary N) is 1. The molecule has 0 unspecified atom stereocenters. The van der Waals surface area contributed by atoms with E-state index >= 15 is 0 Å². The average Bonchev–Trinajstić information content (AvgIpc) is 3.15. The zero-order chi connectivity index (χ0) is 13.0. The zero-order valence-electron chi connectivity index (χ0n) is 10.5. The van der Waals surface area contributed by atoms with E-state index in [1.54, 1.807) is 19.2 Å². The third-order valence-corrected chi connectivity index (χ3v) is 3.54. The maximum Gasteiger partial charge on any atom is 0.269 e. The molecule has 2 rings (SSSR count). The van der Waals surface area contributed by atoms with Crippen LogP contribution in [0.1, 0.15) is 19.3 Å². The van der Waals surface area contributed by atoms with Gasteiger partial charge in [0.2, 0.25) is 0 Å². The zero-order valence-corrected chi connectivity index (χ0v) is 10.5. The number of anilines is 1. The third-order valence-electron chi connectivity index (χ3n) is 3.54. The molecule has 98 valence electrons. The van der Waals surface area contributed by atoms with Crippen LogP contribution in [0.3, 0.4) is 0 Å². The van der Waals surface area contributed by atoms with E-state index in [-0.39, 0.29) is 10.6 Å². The molecule has 1 fully saturated rings. The highest BCUT2D eigenvalue weighted by Crippen LogP contribution is 2.48. The van der Waals surface area contributed by atoms with E-state index in [1.165, 1.54) is 25.0 Å². The lowest BCUT2D eigenvalue weighted by atomic mass is 10.0. The summed E-state index contributed by atoms with van der Waals surface area (Å²) >= 11 is 0. The molecule has 0 bridgehead atoms. The van der Waals surface area contributed by atoms with Gasteiger partial charge in [-0.15, -0.1) is 0 Å². The van der Waals surface area contributed by atoms with Gasteiger partial charge in [0.1, 0.15) is 0 Å². The van der Waals surface area contributed by atoms with E-state index in [4.69, 9.17) is 4.74 Å². The standard InChI is InChI=1S/C13H18N2O3/c1-18-9-8-13(6-7-13)10-14-11-2-4-12(5-3-11)15(16)17/h2-5,14H,6-10H2,1H3. The number of ether oxygens (including phenoxy) is 1. The van der Waals surface area contributed by atoms with Crippen LogP contribution in [0.4, 0.5) is 11.4 Å². The minimum Gasteiger partial charge on any atom is -0.385 e. The van der Waals surface area contributed by atoms with Crippen molar-refractivity contribution in [2.24, 2.45) is 5.41 Å². The summed E-state index contributed by atoms with van der Waals surface area (Å²) < 4.78 is 5.11. The maximum absolute atomic E-state index is 10.5. The van der Waals surface area contributed by atoms with Crippen LogP contribution >= 0.6 is 0 Å². The van der Waals surface area contributed by atoms with Gasteiger partial charge in [-0.3, -0.25) is 10.1 Å². The lowest BCUT2D eigenvalue weighted by Gasteiger charge is -2.16. The Balaban J connectivity index is 1.85. The molecule has 5 heteroatoms. The number of nitrogens with zero attached hydrogens (tertiary/aromatic N) is 1. The van der Waals surface area contributed by atoms with Gasteiger partial charge in [-0.05, 0) is 36.8 Å². The number of rotatable bonds is 7. The van der Waals surface area contributed by atoms with Gasteiger partial charge in [0.05, 0.1) is 4.92 Å². The van der Waals surface area contributed by atoms with Crippen molar-refractivity contribution in [3.8, 4) is 0 Å². The molecule has 0 aromatic heterocycles. The van der Waals surface area contributed by atoms with Crippen LogP contribution in [0.2, 0.25) is 0 Å². The van der Waals surface area contributed by atoms with E-state index in [9.17, 15) is 10.1 Å². The van der Waals surface area contributed by atoms with E-state index in [1.807, 2.05) is 0 Å². The fourth-order valence-corrected chi connectivity index (χ4v) is 2.00. The van der Waals surface area contributed by atoms with Crippen molar-refractivity contribution >= 4 is 11.4 Å². The van der Waals surface area contributed by atoms with Crippen molar-refractivity contribution < 1.29 is 9.66 Å². The Labute approximate surface area is 106 Å². The highest BCUT2D eigenvalue weighted by Gasteiger charge is 2.41. The normalized spacial score (nSPS) is 16.3. The van der Waals surface area contributed by atoms with Gasteiger partial charge in [-0.2, -0.15) is 0 Å². The van der Waals surface area contributed by atoms with Gasteiger partial charge in [0.25, 0.3) is 5.69 Å². The highest BCUT2D eigenvalue weighted by molar-refractivity contribution is 5.48. The van der Waals surface area contributed by atoms with Gasteiger partial charge in [0, 0.05) is 38.1 Å². The van der Waals surface area contributed by atoms with Crippen LogP contribution in [-0.4, -0.2) is 25.2 Å². The second-order valence-corrected chi connectivity index (χ2v) is 4.90. The molecule has 0 saturated heterocycles. The molecule has 1 aromatic carbocycles. The quantitative estimate of drug-likeness (QED) is 0.597. The summed E-state index contributed by atoms with van der Waals surface area (Å²) in [7, 11) is 1.72. The van der Waals surface area contributed by atoms with Gasteiger partial charge in [-0.1, -0.05) is 0 Å². The fraction of sp³-hybridized carbons (Fsp3) is 0.538. The Hall–Kier alpha value is -1.62. The minimum absolute atomic E-state index is 0.126. The van der Waals surface area contributed by atoms with Crippen molar-refractivity contribution in [3.63, 3.8) is 0 Å². The molecule has 1 saturated carbocycles. The molecule has 0 heterocycles. The molecule has 1 N–H and O–H groups in total. The predicted octanol–water partition coefficient (Wildman–Crippen LogP) is 2.82. The number of non-ortho nitro benzene ring substituents is 1. The summed E-state index contributed by atoms with van der Waals surface area (Å²) in [6.07, 6.45) is 3.54. The van der Waals surface area contributed by atoms with Crippen molar-refractivity contribution in [2.45, 2.75) is 19.3 Å². The summed E-state index contributed by atoms with van der Waals surface area (Å²) in [5.74, 6) is 0. The lowest BCUT2D eigenvalue weighted by Crippen LogP contribution is -2.17. The number of benzene rings is 1. The first-order valence-electron chi connectivity index (χ1n) is 6.12. The summed E-state index contributed by atoms with van der Waals surface area (Å²) in [6, 6.07) is 6.56. The van der Waals surface area contributed by atoms with Crippen LogP contribution in [0.25, 0.3) is 0 Å². The molecule has 0 radical (unpaired) electrons. The SMILES string of the molecule is COCCC1(CNc2ccc([N+](=O)[O-])cc2)CC1. The maximum atomic E-state index is 10.5. The first-order valence-corrected chi connectivity index (χ1v) is 6.12. The van der Waals surface area contributed by atoms with Gasteiger partial charge >= 0.3 is 0 Å². The molecular formula is C13H18N2O3. The van der Waals surface area contributed by atoms with Crippen LogP contribution in [-0.2, 0) is 4.74 Å². The average molecular weight is 250 g/mol. The highest BCUT2D eigenvalue weighted by atomic mass is 16.6. The van der Waals surface area contributed by atoms with Gasteiger partial charge < -0.3 is 10.1 Å². The number of nitro groups is 1. The smallest absolute Gasteiger partial charge is 0.269 e. The van der Waals surface area contributed by atoms with Crippen LogP contribution in [0, 0.1) is 15.5 Å². The second kappa shape index (κ2) is 5.35. The van der Waals surface area contributed by atoms with E-state index in [2.05, 4.69) is 5.32 Å². The van der Waals surface area contributed by atoms with Crippen molar-refractivity contribution in [1.29, 1.82) is 0 Å². The number of hydrogen-bond acceptors (Lipinski definition) is 4. The Morgan fingerprint density at radius 1 is 1.39 bits per heavy atom. The Kier molecular flexibility index (Phi) is 3.81. The monoisotopic (exact) mass is 250 g/mol. The van der Waals surface area contributed by atoms with Crippen LogP contribution < -0.4 is 5.32 Å². The fourth-order valence-electron chi connectivity index (χ4n) is 2.00. The summed E-state index contributed by atoms with van der Waals surface area (Å²) in [5.41, 5.74) is 1.43. The molecule has 1 aliphatic rings. The third kappa shape index (κ3) is 3.20. The van der Waals surface area contributed by atoms with E-state index in [0.717, 1.165) is 25.3 Å². The van der Waals surface area contributed by atoms with Crippen LogP contribution in [0.5, 0.6) is 0 Å². The first-order chi connectivity index (χ1) is 8.65. The molecule has 0 atom stereocenters. The molecule has 1 aromatic rings. The van der Waals surface area contributed by atoms with Crippen molar-refractivity contribution in [1.82, 2.24) is 0 Å². The van der Waals surface area contributed by atoms with E-state index < -0.39 is 0 Å². The van der Waals surface area contributed by atoms with E-state index in [0.29, 0.717) is 5.41 Å². The Morgan fingerprint density at radius 2 is 2.06 bits per heavy atom. The largest absolute Gasteiger partial charge is 0.385 e. The number of methoxy groups -OCH3 is 1. The Bertz CT molecular complexity index is 413. The first kappa shape index (κ1) is 12.8. The summed E-state index contributed by atoms with van der Waals surface area (Å²) in [5, 5.41) is 13.9. The molecule has 0 spiro atoms. The topological polar surface area (TPSA) is 64.4 Å². The Morgan fingerprint density at radius 3 is 2.56 bits per heavy atom. The summed E-state index contributed by atoms with van der Waals surface area (Å²) in [6.45, 7) is 1.70. The molecule has 0 aliphatic heterocycles. The number of hydrogen-bond donors (Lipinski definition) is 1. The molecule has 1 aliphatic carbocycles. The van der Waals surface area contributed by atoms with Crippen LogP contribution in [0.15, 0.2) is 24.3 Å². The number of nitro benzene ring substituents is 1. The summed E-state index contributed by atoms with van der Waals surface area (Å²) in [4.78, 5) is 10.1. The molecule has 18 heavy (non-hydrogen) atoms. The lowest BCUT2D eigenvalue weighted by molar-refractivity contribution is -0.384. The molecule has 0 amide bonds. The van der Waals surface area contributed by atoms with Gasteiger partial charge in [0.15, 0.2) is 0 Å². The predicted molar refractivity (Wildman–Crippen MR) is 69.7 cm³/mol. The molecule has 5 nitrogen and oxygen atoms in total. The van der Waals surface area contributed by atoms with Gasteiger partial charge in [-0.25, -0.2) is 0 Å².